The second-order valence-corrected chi connectivity index (χ2v) is 9.98. The largest absolute Gasteiger partial charge is 0.392 e. The minimum absolute atomic E-state index is 0.0278. The van der Waals surface area contributed by atoms with Gasteiger partial charge in [-0.25, -0.2) is 0 Å². The van der Waals surface area contributed by atoms with Crippen LogP contribution in [0.4, 0.5) is 0 Å². The number of aryl methyl sites for hydroxylation is 2. The number of carbonyl (C=O) groups is 2. The van der Waals surface area contributed by atoms with Crippen LogP contribution in [0.3, 0.4) is 0 Å². The number of carbonyl (C=O) groups excluding carboxylic acids is 2. The standard InChI is InChI=1S/C21H28N4O2.C6H12O.C2H6/c1-3-25-19(9-10-22-25)15-7-8-17-14(11-15)5-4-6-18(17)23-21(27)20-12-16(26)13-24(20)2;1-5(2)6(3)4-7;1-2/h7-11,16,18,20,26H,3-6,12-13H2,1-2H3,(H,23,27);4-6H,1-3H3;1-2H3. The maximum Gasteiger partial charge on any atom is 0.237 e. The molecule has 7 heteroatoms. The number of aldehydes is 1. The van der Waals surface area contributed by atoms with E-state index >= 15 is 0 Å². The van der Waals surface area contributed by atoms with E-state index in [4.69, 9.17) is 0 Å². The van der Waals surface area contributed by atoms with Gasteiger partial charge in [-0.05, 0) is 68.8 Å². The van der Waals surface area contributed by atoms with Crippen molar-refractivity contribution in [1.82, 2.24) is 20.0 Å². The maximum atomic E-state index is 12.7. The smallest absolute Gasteiger partial charge is 0.237 e. The molecule has 2 heterocycles. The van der Waals surface area contributed by atoms with E-state index in [1.54, 1.807) is 0 Å². The SMILES string of the molecule is CC.CC(C)C(C)C=O.CCn1nccc1-c1ccc2c(c1)CCCC2NC(=O)C1CC(O)CN1C. The summed E-state index contributed by atoms with van der Waals surface area (Å²) < 4.78 is 2.01. The lowest BCUT2D eigenvalue weighted by atomic mass is 9.86. The molecular weight excluding hydrogens is 452 g/mol. The van der Waals surface area contributed by atoms with Gasteiger partial charge in [0.25, 0.3) is 0 Å². The highest BCUT2D eigenvalue weighted by Crippen LogP contribution is 2.33. The monoisotopic (exact) mass is 498 g/mol. The Bertz CT molecular complexity index is 971. The molecule has 1 aliphatic heterocycles. The molecule has 2 aromatic rings. The zero-order chi connectivity index (χ0) is 26.8. The number of aromatic nitrogens is 2. The summed E-state index contributed by atoms with van der Waals surface area (Å²) in [5.74, 6) is 0.748. The number of amides is 1. The molecule has 0 spiro atoms. The van der Waals surface area contributed by atoms with Gasteiger partial charge in [0, 0.05) is 30.8 Å². The Labute approximate surface area is 217 Å². The van der Waals surface area contributed by atoms with Crippen molar-refractivity contribution >= 4 is 12.2 Å². The van der Waals surface area contributed by atoms with Crippen molar-refractivity contribution in [2.75, 3.05) is 13.6 Å². The molecule has 36 heavy (non-hydrogen) atoms. The van der Waals surface area contributed by atoms with Gasteiger partial charge in [0.1, 0.15) is 6.29 Å². The Morgan fingerprint density at radius 3 is 2.53 bits per heavy atom. The molecule has 4 unspecified atom stereocenters. The number of likely N-dealkylation sites (N-methyl/N-ethyl adjacent to an activating group) is 1. The second-order valence-electron chi connectivity index (χ2n) is 9.98. The normalized spacial score (nSPS) is 22.0. The molecule has 1 aliphatic carbocycles. The summed E-state index contributed by atoms with van der Waals surface area (Å²) in [6, 6.07) is 8.42. The number of aliphatic hydroxyl groups excluding tert-OH is 1. The van der Waals surface area contributed by atoms with Crippen molar-refractivity contribution in [3.63, 3.8) is 0 Å². The third kappa shape index (κ3) is 7.50. The zero-order valence-electron chi connectivity index (χ0n) is 23.2. The molecular formula is C29H46N4O3. The quantitative estimate of drug-likeness (QED) is 0.567. The van der Waals surface area contributed by atoms with E-state index in [9.17, 15) is 14.7 Å². The van der Waals surface area contributed by atoms with Gasteiger partial charge in [0.2, 0.25) is 5.91 Å². The molecule has 0 saturated carbocycles. The summed E-state index contributed by atoms with van der Waals surface area (Å²) in [6.45, 7) is 13.5. The number of hydrogen-bond donors (Lipinski definition) is 2. The third-order valence-corrected chi connectivity index (χ3v) is 7.18. The van der Waals surface area contributed by atoms with E-state index in [-0.39, 0.29) is 23.9 Å². The van der Waals surface area contributed by atoms with Gasteiger partial charge in [-0.15, -0.1) is 0 Å². The Morgan fingerprint density at radius 1 is 1.25 bits per heavy atom. The second kappa shape index (κ2) is 14.3. The average molecular weight is 499 g/mol. The number of likely N-dealkylation sites (tertiary alicyclic amines) is 1. The van der Waals surface area contributed by atoms with Crippen LogP contribution in [0, 0.1) is 11.8 Å². The molecule has 0 bridgehead atoms. The van der Waals surface area contributed by atoms with Crippen LogP contribution in [0.2, 0.25) is 0 Å². The first-order valence-electron chi connectivity index (χ1n) is 13.5. The van der Waals surface area contributed by atoms with E-state index in [2.05, 4.69) is 41.6 Å². The Balaban J connectivity index is 0.000000440. The third-order valence-electron chi connectivity index (χ3n) is 7.18. The highest BCUT2D eigenvalue weighted by molar-refractivity contribution is 5.82. The molecule has 1 aromatic heterocycles. The molecule has 200 valence electrons. The van der Waals surface area contributed by atoms with Gasteiger partial charge in [-0.3, -0.25) is 14.4 Å². The predicted molar refractivity (Wildman–Crippen MR) is 146 cm³/mol. The lowest BCUT2D eigenvalue weighted by Gasteiger charge is -2.29. The van der Waals surface area contributed by atoms with E-state index in [1.807, 2.05) is 57.4 Å². The highest BCUT2D eigenvalue weighted by Gasteiger charge is 2.35. The first-order valence-corrected chi connectivity index (χ1v) is 13.5. The van der Waals surface area contributed by atoms with Crippen LogP contribution in [-0.4, -0.2) is 57.7 Å². The fourth-order valence-corrected chi connectivity index (χ4v) is 4.66. The molecule has 1 fully saturated rings. The highest BCUT2D eigenvalue weighted by atomic mass is 16.3. The van der Waals surface area contributed by atoms with Gasteiger partial charge in [0.05, 0.1) is 23.9 Å². The van der Waals surface area contributed by atoms with Crippen LogP contribution >= 0.6 is 0 Å². The molecule has 7 nitrogen and oxygen atoms in total. The first kappa shape index (κ1) is 29.7. The number of hydrogen-bond acceptors (Lipinski definition) is 5. The molecule has 2 aliphatic rings. The van der Waals surface area contributed by atoms with Crippen molar-refractivity contribution in [2.45, 2.75) is 92.0 Å². The summed E-state index contributed by atoms with van der Waals surface area (Å²) in [6.07, 6.45) is 6.01. The molecule has 4 rings (SSSR count). The van der Waals surface area contributed by atoms with Gasteiger partial charge in [0.15, 0.2) is 0 Å². The van der Waals surface area contributed by atoms with Crippen LogP contribution in [0.1, 0.15) is 78.0 Å². The van der Waals surface area contributed by atoms with Crippen molar-refractivity contribution < 1.29 is 14.7 Å². The van der Waals surface area contributed by atoms with Gasteiger partial charge < -0.3 is 15.2 Å². The number of nitrogens with zero attached hydrogens (tertiary/aromatic N) is 3. The van der Waals surface area contributed by atoms with E-state index in [0.29, 0.717) is 18.9 Å². The van der Waals surface area contributed by atoms with Gasteiger partial charge in [-0.1, -0.05) is 46.8 Å². The summed E-state index contributed by atoms with van der Waals surface area (Å²) in [4.78, 5) is 24.6. The minimum Gasteiger partial charge on any atom is -0.392 e. The molecule has 2 N–H and O–H groups in total. The van der Waals surface area contributed by atoms with Crippen LogP contribution in [-0.2, 0) is 22.6 Å². The number of rotatable bonds is 6. The van der Waals surface area contributed by atoms with Crippen LogP contribution < -0.4 is 5.32 Å². The summed E-state index contributed by atoms with van der Waals surface area (Å²) in [7, 11) is 1.90. The summed E-state index contributed by atoms with van der Waals surface area (Å²) in [5, 5.41) is 17.4. The number of aliphatic hydroxyl groups is 1. The van der Waals surface area contributed by atoms with E-state index < -0.39 is 6.10 Å². The lowest BCUT2D eigenvalue weighted by Crippen LogP contribution is -2.43. The van der Waals surface area contributed by atoms with Crippen LogP contribution in [0.25, 0.3) is 11.3 Å². The molecule has 1 aromatic carbocycles. The lowest BCUT2D eigenvalue weighted by molar-refractivity contribution is -0.126. The van der Waals surface area contributed by atoms with Crippen molar-refractivity contribution in [1.29, 1.82) is 0 Å². The maximum absolute atomic E-state index is 12.7. The number of β-amino-alcohol motifs (C(OH)–C–C–N with tert-alkyl or cyclic N) is 1. The van der Waals surface area contributed by atoms with Crippen molar-refractivity contribution in [2.24, 2.45) is 11.8 Å². The van der Waals surface area contributed by atoms with E-state index in [1.165, 1.54) is 16.7 Å². The van der Waals surface area contributed by atoms with Gasteiger partial charge >= 0.3 is 0 Å². The Hall–Kier alpha value is -2.51. The van der Waals surface area contributed by atoms with Crippen LogP contribution in [0.5, 0.6) is 0 Å². The minimum atomic E-state index is -0.407. The zero-order valence-corrected chi connectivity index (χ0v) is 23.2. The van der Waals surface area contributed by atoms with Crippen molar-refractivity contribution in [3.8, 4) is 11.3 Å². The average Bonchev–Trinajstić information content (AvgIpc) is 3.50. The summed E-state index contributed by atoms with van der Waals surface area (Å²) >= 11 is 0. The van der Waals surface area contributed by atoms with Crippen molar-refractivity contribution in [3.05, 3.63) is 41.6 Å². The number of fused-ring (bicyclic) bond motifs is 1. The number of benzene rings is 1. The predicted octanol–water partition coefficient (Wildman–Crippen LogP) is 4.63. The Morgan fingerprint density at radius 2 is 1.97 bits per heavy atom. The first-order chi connectivity index (χ1) is 17.2. The fourth-order valence-electron chi connectivity index (χ4n) is 4.66. The topological polar surface area (TPSA) is 87.5 Å². The molecule has 1 amide bonds. The Kier molecular flexibility index (Phi) is 11.8. The molecule has 1 saturated heterocycles. The fraction of sp³-hybridized carbons (Fsp3) is 0.621. The summed E-state index contributed by atoms with van der Waals surface area (Å²) in [5.41, 5.74) is 4.85. The number of nitrogens with one attached hydrogen (secondary N) is 1. The van der Waals surface area contributed by atoms with Gasteiger partial charge in [-0.2, -0.15) is 5.10 Å². The van der Waals surface area contributed by atoms with E-state index in [0.717, 1.165) is 37.8 Å². The molecule has 0 radical (unpaired) electrons. The van der Waals surface area contributed by atoms with Crippen LogP contribution in [0.15, 0.2) is 30.5 Å². The molecule has 4 atom stereocenters.